The van der Waals surface area contributed by atoms with E-state index in [0.717, 1.165) is 31.4 Å². The molecule has 0 amide bonds. The van der Waals surface area contributed by atoms with Gasteiger partial charge in [-0.15, -0.1) is 0 Å². The number of piperazine rings is 1. The number of nitrogens with zero attached hydrogens (tertiary/aromatic N) is 5. The van der Waals surface area contributed by atoms with E-state index in [1.165, 1.54) is 63.4 Å². The summed E-state index contributed by atoms with van der Waals surface area (Å²) in [5.74, 6) is 0. The normalized spacial score (nSPS) is 20.6. The number of aromatic nitrogens is 2. The molecule has 0 aliphatic carbocycles. The zero-order valence-corrected chi connectivity index (χ0v) is 17.6. The van der Waals surface area contributed by atoms with Crippen molar-refractivity contribution < 1.29 is 0 Å². The topological polar surface area (TPSA) is 27.5 Å². The first-order chi connectivity index (χ1) is 13.7. The van der Waals surface area contributed by atoms with Gasteiger partial charge in [0.25, 0.3) is 0 Å². The monoisotopic (exact) mass is 381 g/mol. The minimum absolute atomic E-state index is 0.781. The molecule has 0 atom stereocenters. The molecular formula is C23H35N5. The van der Waals surface area contributed by atoms with Crippen LogP contribution in [0.25, 0.3) is 0 Å². The molecule has 28 heavy (non-hydrogen) atoms. The van der Waals surface area contributed by atoms with Gasteiger partial charge < -0.3 is 4.90 Å². The van der Waals surface area contributed by atoms with Crippen LogP contribution in [0.2, 0.25) is 0 Å². The average molecular weight is 382 g/mol. The van der Waals surface area contributed by atoms with Crippen LogP contribution in [0.3, 0.4) is 0 Å². The Bertz CT molecular complexity index is 725. The van der Waals surface area contributed by atoms with Crippen molar-refractivity contribution in [3.63, 3.8) is 0 Å². The van der Waals surface area contributed by atoms with Crippen molar-refractivity contribution in [2.45, 2.75) is 45.8 Å². The van der Waals surface area contributed by atoms with E-state index < -0.39 is 0 Å². The van der Waals surface area contributed by atoms with Crippen LogP contribution >= 0.6 is 0 Å². The second kappa shape index (κ2) is 9.21. The Labute approximate surface area is 169 Å². The molecule has 2 aromatic rings. The predicted octanol–water partition coefficient (Wildman–Crippen LogP) is 2.78. The van der Waals surface area contributed by atoms with Gasteiger partial charge in [0.2, 0.25) is 0 Å². The molecule has 2 aliphatic rings. The summed E-state index contributed by atoms with van der Waals surface area (Å²) in [4.78, 5) is 7.98. The van der Waals surface area contributed by atoms with Gasteiger partial charge in [-0.05, 0) is 51.4 Å². The van der Waals surface area contributed by atoms with Crippen molar-refractivity contribution in [2.24, 2.45) is 0 Å². The Balaban J connectivity index is 1.17. The van der Waals surface area contributed by atoms with Crippen molar-refractivity contribution in [1.82, 2.24) is 24.5 Å². The quantitative estimate of drug-likeness (QED) is 0.769. The van der Waals surface area contributed by atoms with Crippen LogP contribution < -0.4 is 0 Å². The Morgan fingerprint density at radius 3 is 2.21 bits per heavy atom. The number of likely N-dealkylation sites (tertiary alicyclic amines) is 1. The highest BCUT2D eigenvalue weighted by atomic mass is 15.3. The molecule has 0 saturated carbocycles. The van der Waals surface area contributed by atoms with Gasteiger partial charge in [-0.2, -0.15) is 5.10 Å². The molecule has 2 fully saturated rings. The second-order valence-electron chi connectivity index (χ2n) is 8.52. The lowest BCUT2D eigenvalue weighted by Crippen LogP contribution is -2.53. The Morgan fingerprint density at radius 2 is 1.57 bits per heavy atom. The van der Waals surface area contributed by atoms with Crippen LogP contribution in [0.1, 0.15) is 29.8 Å². The van der Waals surface area contributed by atoms with Gasteiger partial charge in [0, 0.05) is 51.0 Å². The lowest BCUT2D eigenvalue weighted by atomic mass is 10.0. The Morgan fingerprint density at radius 1 is 0.857 bits per heavy atom. The van der Waals surface area contributed by atoms with Gasteiger partial charge in [0.05, 0.1) is 12.2 Å². The zero-order chi connectivity index (χ0) is 19.3. The van der Waals surface area contributed by atoms with E-state index in [-0.39, 0.29) is 0 Å². The minimum Gasteiger partial charge on any atom is -0.301 e. The average Bonchev–Trinajstić information content (AvgIpc) is 3.05. The fourth-order valence-corrected chi connectivity index (χ4v) is 4.77. The van der Waals surface area contributed by atoms with Crippen molar-refractivity contribution in [2.75, 3.05) is 45.8 Å². The maximum Gasteiger partial charge on any atom is 0.0596 e. The standard InChI is InChI=1S/C23H35N5/c1-20-18-21(2)28(24-20)17-14-25-10-8-23(9-11-25)27-15-12-26(13-16-27)19-22-6-4-3-5-7-22/h3-7,18,23H,8-17,19H2,1-2H3. The third-order valence-electron chi connectivity index (χ3n) is 6.46. The van der Waals surface area contributed by atoms with Crippen LogP contribution in [0.4, 0.5) is 0 Å². The van der Waals surface area contributed by atoms with Crippen LogP contribution in [-0.4, -0.2) is 76.3 Å². The maximum absolute atomic E-state index is 4.60. The summed E-state index contributed by atoms with van der Waals surface area (Å²) < 4.78 is 2.16. The fraction of sp³-hybridized carbons (Fsp3) is 0.609. The van der Waals surface area contributed by atoms with Gasteiger partial charge >= 0.3 is 0 Å². The SMILES string of the molecule is Cc1cc(C)n(CCN2CCC(N3CCN(Cc4ccccc4)CC3)CC2)n1. The molecule has 0 N–H and O–H groups in total. The molecule has 5 nitrogen and oxygen atoms in total. The van der Waals surface area contributed by atoms with E-state index >= 15 is 0 Å². The molecule has 1 aromatic carbocycles. The van der Waals surface area contributed by atoms with Crippen LogP contribution in [0.5, 0.6) is 0 Å². The highest BCUT2D eigenvalue weighted by Crippen LogP contribution is 2.19. The summed E-state index contributed by atoms with van der Waals surface area (Å²) in [5.41, 5.74) is 3.84. The largest absolute Gasteiger partial charge is 0.301 e. The number of rotatable bonds is 6. The summed E-state index contributed by atoms with van der Waals surface area (Å²) in [5, 5.41) is 4.60. The number of piperidine rings is 1. The maximum atomic E-state index is 4.60. The molecule has 152 valence electrons. The van der Waals surface area contributed by atoms with Crippen molar-refractivity contribution in [3.05, 3.63) is 53.3 Å². The minimum atomic E-state index is 0.781. The number of hydrogen-bond donors (Lipinski definition) is 0. The number of aryl methyl sites for hydroxylation is 2. The third-order valence-corrected chi connectivity index (χ3v) is 6.46. The smallest absolute Gasteiger partial charge is 0.0596 e. The Hall–Kier alpha value is -1.69. The molecule has 1 aromatic heterocycles. The van der Waals surface area contributed by atoms with E-state index in [1.54, 1.807) is 0 Å². The van der Waals surface area contributed by atoms with Gasteiger partial charge in [0.15, 0.2) is 0 Å². The molecule has 5 heteroatoms. The summed E-state index contributed by atoms with van der Waals surface area (Å²) in [6.07, 6.45) is 2.63. The third kappa shape index (κ3) is 5.02. The number of hydrogen-bond acceptors (Lipinski definition) is 4. The highest BCUT2D eigenvalue weighted by molar-refractivity contribution is 5.14. The van der Waals surface area contributed by atoms with Crippen LogP contribution in [-0.2, 0) is 13.1 Å². The van der Waals surface area contributed by atoms with Gasteiger partial charge in [-0.3, -0.25) is 14.5 Å². The summed E-state index contributed by atoms with van der Waals surface area (Å²) >= 11 is 0. The highest BCUT2D eigenvalue weighted by Gasteiger charge is 2.27. The van der Waals surface area contributed by atoms with Gasteiger partial charge in [-0.1, -0.05) is 30.3 Å². The lowest BCUT2D eigenvalue weighted by molar-refractivity contribution is 0.0557. The van der Waals surface area contributed by atoms with E-state index in [4.69, 9.17) is 0 Å². The Kier molecular flexibility index (Phi) is 6.45. The second-order valence-corrected chi connectivity index (χ2v) is 8.52. The van der Waals surface area contributed by atoms with E-state index in [1.807, 2.05) is 0 Å². The molecule has 0 radical (unpaired) electrons. The van der Waals surface area contributed by atoms with Crippen LogP contribution in [0, 0.1) is 13.8 Å². The molecule has 3 heterocycles. The zero-order valence-electron chi connectivity index (χ0n) is 17.6. The van der Waals surface area contributed by atoms with E-state index in [0.29, 0.717) is 0 Å². The number of benzene rings is 1. The van der Waals surface area contributed by atoms with Crippen molar-refractivity contribution in [3.8, 4) is 0 Å². The van der Waals surface area contributed by atoms with Crippen molar-refractivity contribution in [1.29, 1.82) is 0 Å². The van der Waals surface area contributed by atoms with Gasteiger partial charge in [0.1, 0.15) is 0 Å². The fourth-order valence-electron chi connectivity index (χ4n) is 4.77. The molecule has 2 aliphatic heterocycles. The first kappa shape index (κ1) is 19.6. The van der Waals surface area contributed by atoms with E-state index in [2.05, 4.69) is 74.7 Å². The molecule has 4 rings (SSSR count). The molecule has 0 bridgehead atoms. The lowest BCUT2D eigenvalue weighted by Gasteiger charge is -2.42. The predicted molar refractivity (Wildman–Crippen MR) is 114 cm³/mol. The van der Waals surface area contributed by atoms with Gasteiger partial charge in [-0.25, -0.2) is 0 Å². The van der Waals surface area contributed by atoms with Crippen LogP contribution in [0.15, 0.2) is 36.4 Å². The van der Waals surface area contributed by atoms with Crippen molar-refractivity contribution >= 4 is 0 Å². The molecular weight excluding hydrogens is 346 g/mol. The molecule has 2 saturated heterocycles. The first-order valence-electron chi connectivity index (χ1n) is 10.9. The summed E-state index contributed by atoms with van der Waals surface area (Å²) in [6, 6.07) is 13.8. The first-order valence-corrected chi connectivity index (χ1v) is 10.9. The molecule has 0 spiro atoms. The molecule has 0 unspecified atom stereocenters. The summed E-state index contributed by atoms with van der Waals surface area (Å²) in [7, 11) is 0. The summed E-state index contributed by atoms with van der Waals surface area (Å²) in [6.45, 7) is 14.8. The van der Waals surface area contributed by atoms with E-state index in [9.17, 15) is 0 Å².